The second-order valence-electron chi connectivity index (χ2n) is 4.09. The molecule has 1 atom stereocenters. The first kappa shape index (κ1) is 16.8. The van der Waals surface area contributed by atoms with Gasteiger partial charge >= 0.3 is 0 Å². The van der Waals surface area contributed by atoms with E-state index < -0.39 is 10.0 Å². The van der Waals surface area contributed by atoms with Gasteiger partial charge in [-0.1, -0.05) is 24.6 Å². The lowest BCUT2D eigenvalue weighted by molar-refractivity contribution is 0.282. The Balaban J connectivity index is 2.85. The van der Waals surface area contributed by atoms with E-state index >= 15 is 0 Å². The van der Waals surface area contributed by atoms with Gasteiger partial charge in [-0.05, 0) is 30.4 Å². The number of benzene rings is 1. The minimum atomic E-state index is -3.57. The molecule has 0 aromatic heterocycles. The molecule has 1 aromatic carbocycles. The van der Waals surface area contributed by atoms with Crippen LogP contribution in [-0.2, 0) is 16.6 Å². The van der Waals surface area contributed by atoms with Crippen LogP contribution < -0.4 is 4.72 Å². The first-order valence-corrected chi connectivity index (χ1v) is 8.91. The summed E-state index contributed by atoms with van der Waals surface area (Å²) >= 11 is 7.57. The molecule has 0 spiro atoms. The van der Waals surface area contributed by atoms with Gasteiger partial charge in [-0.3, -0.25) is 0 Å². The highest BCUT2D eigenvalue weighted by atomic mass is 35.5. The van der Waals surface area contributed by atoms with Gasteiger partial charge in [-0.25, -0.2) is 13.1 Å². The van der Waals surface area contributed by atoms with Crippen molar-refractivity contribution in [3.63, 3.8) is 0 Å². The van der Waals surface area contributed by atoms with E-state index in [1.54, 1.807) is 11.8 Å². The van der Waals surface area contributed by atoms with Gasteiger partial charge in [0, 0.05) is 16.8 Å². The van der Waals surface area contributed by atoms with Gasteiger partial charge in [0.25, 0.3) is 0 Å². The molecular weight excluding hydrogens is 306 g/mol. The van der Waals surface area contributed by atoms with E-state index in [2.05, 4.69) is 4.72 Å². The summed E-state index contributed by atoms with van der Waals surface area (Å²) < 4.78 is 26.8. The zero-order valence-electron chi connectivity index (χ0n) is 10.9. The van der Waals surface area contributed by atoms with Gasteiger partial charge in [-0.15, -0.1) is 0 Å². The van der Waals surface area contributed by atoms with Gasteiger partial charge in [0.2, 0.25) is 10.0 Å². The van der Waals surface area contributed by atoms with Crippen LogP contribution in [0, 0.1) is 0 Å². The summed E-state index contributed by atoms with van der Waals surface area (Å²) in [6.07, 6.45) is 0. The number of aliphatic hydroxyl groups is 1. The summed E-state index contributed by atoms with van der Waals surface area (Å²) in [7, 11) is -3.57. The van der Waals surface area contributed by atoms with Crippen molar-refractivity contribution in [2.75, 3.05) is 11.5 Å². The number of halogens is 1. The molecule has 0 saturated carbocycles. The average Bonchev–Trinajstić information content (AvgIpc) is 2.35. The van der Waals surface area contributed by atoms with Crippen molar-refractivity contribution in [1.82, 2.24) is 4.72 Å². The molecule has 0 saturated heterocycles. The Morgan fingerprint density at radius 1 is 1.47 bits per heavy atom. The van der Waals surface area contributed by atoms with Crippen molar-refractivity contribution in [1.29, 1.82) is 0 Å². The Labute approximate surface area is 123 Å². The number of hydrogen-bond donors (Lipinski definition) is 2. The molecule has 1 rings (SSSR count). The molecule has 0 aliphatic rings. The Morgan fingerprint density at radius 3 is 2.68 bits per heavy atom. The molecule has 1 aromatic rings. The van der Waals surface area contributed by atoms with E-state index in [1.807, 2.05) is 13.8 Å². The quantitative estimate of drug-likeness (QED) is 0.807. The largest absolute Gasteiger partial charge is 0.392 e. The zero-order chi connectivity index (χ0) is 14.5. The van der Waals surface area contributed by atoms with E-state index in [1.165, 1.54) is 18.2 Å². The van der Waals surface area contributed by atoms with Crippen molar-refractivity contribution in [3.8, 4) is 0 Å². The monoisotopic (exact) mass is 323 g/mol. The first-order chi connectivity index (χ1) is 8.90. The maximum Gasteiger partial charge on any atom is 0.240 e. The normalized spacial score (nSPS) is 13.5. The Bertz CT molecular complexity index is 520. The molecule has 2 N–H and O–H groups in total. The van der Waals surface area contributed by atoms with Crippen molar-refractivity contribution >= 4 is 33.4 Å². The Kier molecular flexibility index (Phi) is 6.62. The van der Waals surface area contributed by atoms with Crippen LogP contribution in [0.4, 0.5) is 0 Å². The molecule has 0 aliphatic heterocycles. The molecule has 0 amide bonds. The number of aliphatic hydroxyl groups excluding tert-OH is 1. The van der Waals surface area contributed by atoms with Gasteiger partial charge in [0.15, 0.2) is 0 Å². The molecule has 1 unspecified atom stereocenters. The summed E-state index contributed by atoms with van der Waals surface area (Å²) in [6.45, 7) is 3.64. The summed E-state index contributed by atoms with van der Waals surface area (Å²) in [4.78, 5) is 0.114. The predicted molar refractivity (Wildman–Crippen MR) is 80.2 cm³/mol. The number of nitrogens with one attached hydrogen (secondary N) is 1. The third-order valence-corrected chi connectivity index (χ3v) is 5.52. The van der Waals surface area contributed by atoms with Crippen LogP contribution >= 0.6 is 23.4 Å². The molecule has 108 valence electrons. The minimum Gasteiger partial charge on any atom is -0.392 e. The van der Waals surface area contributed by atoms with Crippen LogP contribution in [0.1, 0.15) is 19.4 Å². The van der Waals surface area contributed by atoms with Crippen LogP contribution in [0.25, 0.3) is 0 Å². The lowest BCUT2D eigenvalue weighted by Gasteiger charge is -2.14. The fourth-order valence-corrected chi connectivity index (χ4v) is 3.84. The minimum absolute atomic E-state index is 0.114. The standard InChI is InChI=1S/C12H18ClNO3S2/c1-3-18-8-9(2)14-19(16,17)11-5-4-10(7-15)12(13)6-11/h4-6,9,14-15H,3,7-8H2,1-2H3. The molecule has 7 heteroatoms. The van der Waals surface area contributed by atoms with E-state index in [4.69, 9.17) is 16.7 Å². The maximum absolute atomic E-state index is 12.1. The third kappa shape index (κ3) is 4.96. The highest BCUT2D eigenvalue weighted by Crippen LogP contribution is 2.21. The molecule has 19 heavy (non-hydrogen) atoms. The topological polar surface area (TPSA) is 66.4 Å². The summed E-state index contributed by atoms with van der Waals surface area (Å²) in [5, 5.41) is 9.25. The number of sulfonamides is 1. The number of thioether (sulfide) groups is 1. The molecule has 0 aliphatic carbocycles. The van der Waals surface area contributed by atoms with Gasteiger partial charge in [0.05, 0.1) is 11.5 Å². The molecule has 0 fully saturated rings. The molecule has 0 radical (unpaired) electrons. The molecule has 4 nitrogen and oxygen atoms in total. The fourth-order valence-electron chi connectivity index (χ4n) is 1.48. The van der Waals surface area contributed by atoms with Crippen LogP contribution in [0.5, 0.6) is 0 Å². The first-order valence-electron chi connectivity index (χ1n) is 5.90. The van der Waals surface area contributed by atoms with E-state index in [0.717, 1.165) is 11.5 Å². The highest BCUT2D eigenvalue weighted by Gasteiger charge is 2.18. The van der Waals surface area contributed by atoms with Crippen molar-refractivity contribution in [2.24, 2.45) is 0 Å². The van der Waals surface area contributed by atoms with E-state index in [9.17, 15) is 8.42 Å². The molecular formula is C12H18ClNO3S2. The Hall–Kier alpha value is -0.270. The average molecular weight is 324 g/mol. The summed E-state index contributed by atoms with van der Waals surface area (Å²) in [6, 6.07) is 4.17. The molecule has 0 bridgehead atoms. The summed E-state index contributed by atoms with van der Waals surface area (Å²) in [5.74, 6) is 1.67. The van der Waals surface area contributed by atoms with Crippen molar-refractivity contribution < 1.29 is 13.5 Å². The SMILES string of the molecule is CCSCC(C)NS(=O)(=O)c1ccc(CO)c(Cl)c1. The van der Waals surface area contributed by atoms with Gasteiger partial charge < -0.3 is 5.11 Å². The fraction of sp³-hybridized carbons (Fsp3) is 0.500. The van der Waals surface area contributed by atoms with Crippen molar-refractivity contribution in [3.05, 3.63) is 28.8 Å². The molecule has 0 heterocycles. The maximum atomic E-state index is 12.1. The van der Waals surface area contributed by atoms with Crippen LogP contribution in [-0.4, -0.2) is 31.1 Å². The van der Waals surface area contributed by atoms with E-state index in [-0.39, 0.29) is 22.6 Å². The summed E-state index contributed by atoms with van der Waals surface area (Å²) in [5.41, 5.74) is 0.509. The van der Waals surface area contributed by atoms with E-state index in [0.29, 0.717) is 5.56 Å². The smallest absolute Gasteiger partial charge is 0.240 e. The van der Waals surface area contributed by atoms with Crippen LogP contribution in [0.3, 0.4) is 0 Å². The lowest BCUT2D eigenvalue weighted by Crippen LogP contribution is -2.34. The second-order valence-corrected chi connectivity index (χ2v) is 7.53. The lowest BCUT2D eigenvalue weighted by atomic mass is 10.2. The second kappa shape index (κ2) is 7.50. The van der Waals surface area contributed by atoms with Gasteiger partial charge in [0.1, 0.15) is 0 Å². The Morgan fingerprint density at radius 2 is 2.16 bits per heavy atom. The van der Waals surface area contributed by atoms with Crippen LogP contribution in [0.2, 0.25) is 5.02 Å². The third-order valence-electron chi connectivity index (χ3n) is 2.43. The zero-order valence-corrected chi connectivity index (χ0v) is 13.3. The highest BCUT2D eigenvalue weighted by molar-refractivity contribution is 7.99. The predicted octanol–water partition coefficient (Wildman–Crippen LogP) is 2.25. The van der Waals surface area contributed by atoms with Crippen LogP contribution in [0.15, 0.2) is 23.1 Å². The van der Waals surface area contributed by atoms with Gasteiger partial charge in [-0.2, -0.15) is 11.8 Å². The number of hydrogen-bond acceptors (Lipinski definition) is 4. The van der Waals surface area contributed by atoms with Crippen molar-refractivity contribution in [2.45, 2.75) is 31.4 Å². The number of rotatable bonds is 7.